The van der Waals surface area contributed by atoms with E-state index in [0.29, 0.717) is 12.5 Å². The summed E-state index contributed by atoms with van der Waals surface area (Å²) in [5, 5.41) is 8.03. The highest BCUT2D eigenvalue weighted by molar-refractivity contribution is 7.18. The molecule has 19 heavy (non-hydrogen) atoms. The molecular weight excluding hydrogens is 264 g/mol. The Hall–Kier alpha value is -2.19. The van der Waals surface area contributed by atoms with Crippen molar-refractivity contribution in [2.75, 3.05) is 10.7 Å². The van der Waals surface area contributed by atoms with E-state index in [1.54, 1.807) is 17.4 Å². The number of hydrogen-bond acceptors (Lipinski definition) is 8. The molecule has 98 valence electrons. The maximum atomic E-state index is 5.38. The summed E-state index contributed by atoms with van der Waals surface area (Å²) in [6.07, 6.45) is 1.54. The van der Waals surface area contributed by atoms with Crippen LogP contribution in [0.15, 0.2) is 22.9 Å². The molecule has 0 saturated heterocycles. The zero-order valence-electron chi connectivity index (χ0n) is 10.2. The van der Waals surface area contributed by atoms with Gasteiger partial charge in [0.1, 0.15) is 22.6 Å². The quantitative estimate of drug-likeness (QED) is 0.494. The van der Waals surface area contributed by atoms with Gasteiger partial charge in [-0.25, -0.2) is 10.8 Å². The Labute approximate surface area is 112 Å². The third-order valence-corrected chi connectivity index (χ3v) is 3.52. The van der Waals surface area contributed by atoms with Crippen molar-refractivity contribution >= 4 is 33.3 Å². The average Bonchev–Trinajstić information content (AvgIpc) is 3.03. The number of anilines is 2. The molecule has 8 heteroatoms. The molecule has 0 unspecified atom stereocenters. The minimum absolute atomic E-state index is 0.386. The lowest BCUT2D eigenvalue weighted by molar-refractivity contribution is 0.412. The Bertz CT molecular complexity index is 693. The molecule has 0 bridgehead atoms. The van der Waals surface area contributed by atoms with E-state index in [1.165, 1.54) is 11.1 Å². The van der Waals surface area contributed by atoms with E-state index in [2.05, 4.69) is 25.9 Å². The van der Waals surface area contributed by atoms with Gasteiger partial charge in [-0.2, -0.15) is 4.98 Å². The van der Waals surface area contributed by atoms with Crippen LogP contribution in [0, 0.1) is 6.92 Å². The van der Waals surface area contributed by atoms with Gasteiger partial charge < -0.3 is 9.84 Å². The predicted octanol–water partition coefficient (Wildman–Crippen LogP) is 1.89. The molecule has 0 radical (unpaired) electrons. The number of nitrogen functional groups attached to an aromatic ring is 1. The van der Waals surface area contributed by atoms with Crippen LogP contribution in [-0.2, 0) is 6.54 Å². The van der Waals surface area contributed by atoms with Gasteiger partial charge in [0.15, 0.2) is 0 Å². The van der Waals surface area contributed by atoms with Crippen molar-refractivity contribution in [3.63, 3.8) is 0 Å². The van der Waals surface area contributed by atoms with Crippen LogP contribution in [0.4, 0.5) is 11.8 Å². The summed E-state index contributed by atoms with van der Waals surface area (Å²) in [5.74, 6) is 6.50. The lowest BCUT2D eigenvalue weighted by atomic mass is 10.3. The standard InChI is InChI=1S/C11H12N6OS/c1-6-4-8-9(13-5-7-2-3-18-17-7)14-11(16-12)15-10(8)19-6/h2-4H,5,12H2,1H3,(H2,13,14,15,16). The maximum Gasteiger partial charge on any atom is 0.240 e. The van der Waals surface area contributed by atoms with E-state index in [4.69, 9.17) is 10.4 Å². The minimum Gasteiger partial charge on any atom is -0.364 e. The molecule has 4 N–H and O–H groups in total. The molecule has 3 heterocycles. The lowest BCUT2D eigenvalue weighted by Gasteiger charge is -2.06. The normalized spacial score (nSPS) is 10.8. The maximum absolute atomic E-state index is 5.38. The SMILES string of the molecule is Cc1cc2c(NCc3ccon3)nc(NN)nc2s1. The minimum atomic E-state index is 0.386. The van der Waals surface area contributed by atoms with Crippen molar-refractivity contribution in [3.8, 4) is 0 Å². The number of aryl methyl sites for hydroxylation is 1. The first-order valence-corrected chi connectivity index (χ1v) is 6.46. The first-order chi connectivity index (χ1) is 9.26. The average molecular weight is 276 g/mol. The van der Waals surface area contributed by atoms with Crippen LogP contribution in [-0.4, -0.2) is 15.1 Å². The molecule has 0 spiro atoms. The van der Waals surface area contributed by atoms with Gasteiger partial charge in [0.05, 0.1) is 11.9 Å². The van der Waals surface area contributed by atoms with E-state index in [1.807, 2.05) is 13.0 Å². The number of rotatable bonds is 4. The molecule has 0 aliphatic rings. The van der Waals surface area contributed by atoms with Gasteiger partial charge in [0.25, 0.3) is 0 Å². The number of nitrogens with zero attached hydrogens (tertiary/aromatic N) is 3. The Morgan fingerprint density at radius 2 is 2.32 bits per heavy atom. The first kappa shape index (κ1) is 11.9. The number of hydrazine groups is 1. The van der Waals surface area contributed by atoms with Crippen molar-refractivity contribution < 1.29 is 4.52 Å². The van der Waals surface area contributed by atoms with Crippen LogP contribution in [0.25, 0.3) is 10.2 Å². The molecule has 0 atom stereocenters. The lowest BCUT2D eigenvalue weighted by Crippen LogP contribution is -2.12. The molecule has 0 fully saturated rings. The van der Waals surface area contributed by atoms with Crippen LogP contribution < -0.4 is 16.6 Å². The summed E-state index contributed by atoms with van der Waals surface area (Å²) < 4.78 is 4.79. The van der Waals surface area contributed by atoms with Crippen LogP contribution >= 0.6 is 11.3 Å². The summed E-state index contributed by atoms with van der Waals surface area (Å²) >= 11 is 1.60. The van der Waals surface area contributed by atoms with Gasteiger partial charge >= 0.3 is 0 Å². The van der Waals surface area contributed by atoms with E-state index < -0.39 is 0 Å². The topological polar surface area (TPSA) is 102 Å². The van der Waals surface area contributed by atoms with Crippen molar-refractivity contribution in [2.45, 2.75) is 13.5 Å². The van der Waals surface area contributed by atoms with Crippen LogP contribution in [0.5, 0.6) is 0 Å². The molecule has 3 aromatic rings. The van der Waals surface area contributed by atoms with Gasteiger partial charge in [0.2, 0.25) is 5.95 Å². The van der Waals surface area contributed by atoms with Crippen molar-refractivity contribution in [1.29, 1.82) is 0 Å². The Morgan fingerprint density at radius 3 is 3.05 bits per heavy atom. The Kier molecular flexibility index (Phi) is 3.02. The molecule has 0 amide bonds. The second-order valence-electron chi connectivity index (χ2n) is 3.96. The molecular formula is C11H12N6OS. The number of nitrogens with one attached hydrogen (secondary N) is 2. The number of thiophene rings is 1. The fourth-order valence-electron chi connectivity index (χ4n) is 1.74. The monoisotopic (exact) mass is 276 g/mol. The van der Waals surface area contributed by atoms with Crippen molar-refractivity contribution in [1.82, 2.24) is 15.1 Å². The van der Waals surface area contributed by atoms with Gasteiger partial charge in [-0.05, 0) is 13.0 Å². The van der Waals surface area contributed by atoms with Crippen molar-refractivity contribution in [3.05, 3.63) is 29.0 Å². The second-order valence-corrected chi connectivity index (χ2v) is 5.20. The zero-order valence-corrected chi connectivity index (χ0v) is 11.0. The first-order valence-electron chi connectivity index (χ1n) is 5.64. The highest BCUT2D eigenvalue weighted by Crippen LogP contribution is 2.29. The number of fused-ring (bicyclic) bond motifs is 1. The molecule has 0 saturated carbocycles. The Morgan fingerprint density at radius 1 is 1.42 bits per heavy atom. The zero-order chi connectivity index (χ0) is 13.2. The highest BCUT2D eigenvalue weighted by atomic mass is 32.1. The van der Waals surface area contributed by atoms with E-state index in [-0.39, 0.29) is 0 Å². The molecule has 7 nitrogen and oxygen atoms in total. The molecule has 0 aliphatic heterocycles. The number of aromatic nitrogens is 3. The highest BCUT2D eigenvalue weighted by Gasteiger charge is 2.10. The summed E-state index contributed by atoms with van der Waals surface area (Å²) in [5.41, 5.74) is 3.28. The van der Waals surface area contributed by atoms with Crippen LogP contribution in [0.2, 0.25) is 0 Å². The van der Waals surface area contributed by atoms with Crippen molar-refractivity contribution in [2.24, 2.45) is 5.84 Å². The van der Waals surface area contributed by atoms with Gasteiger partial charge in [-0.3, -0.25) is 5.43 Å². The summed E-state index contributed by atoms with van der Waals surface area (Å²) in [7, 11) is 0. The predicted molar refractivity (Wildman–Crippen MR) is 73.8 cm³/mol. The third-order valence-electron chi connectivity index (χ3n) is 2.57. The van der Waals surface area contributed by atoms with E-state index in [0.717, 1.165) is 21.7 Å². The number of nitrogens with two attached hydrogens (primary N) is 1. The molecule has 3 aromatic heterocycles. The van der Waals surface area contributed by atoms with Crippen LogP contribution in [0.3, 0.4) is 0 Å². The Balaban J connectivity index is 1.96. The van der Waals surface area contributed by atoms with E-state index in [9.17, 15) is 0 Å². The summed E-state index contributed by atoms with van der Waals surface area (Å²) in [6, 6.07) is 3.85. The largest absolute Gasteiger partial charge is 0.364 e. The van der Waals surface area contributed by atoms with Crippen LogP contribution in [0.1, 0.15) is 10.6 Å². The number of hydrogen-bond donors (Lipinski definition) is 3. The second kappa shape index (κ2) is 4.82. The molecule has 3 rings (SSSR count). The van der Waals surface area contributed by atoms with E-state index >= 15 is 0 Å². The smallest absolute Gasteiger partial charge is 0.240 e. The molecule has 0 aromatic carbocycles. The molecule has 0 aliphatic carbocycles. The third kappa shape index (κ3) is 2.35. The summed E-state index contributed by atoms with van der Waals surface area (Å²) in [4.78, 5) is 10.7. The van der Waals surface area contributed by atoms with Gasteiger partial charge in [0, 0.05) is 10.9 Å². The fourth-order valence-corrected chi connectivity index (χ4v) is 2.62. The van der Waals surface area contributed by atoms with Gasteiger partial charge in [-0.1, -0.05) is 5.16 Å². The van der Waals surface area contributed by atoms with Gasteiger partial charge in [-0.15, -0.1) is 11.3 Å². The summed E-state index contributed by atoms with van der Waals surface area (Å²) in [6.45, 7) is 2.56. The fraction of sp³-hybridized carbons (Fsp3) is 0.182.